The predicted octanol–water partition coefficient (Wildman–Crippen LogP) is 3.83. The summed E-state index contributed by atoms with van der Waals surface area (Å²) in [6, 6.07) is 13.0. The first-order valence-electron chi connectivity index (χ1n) is 6.68. The van der Waals surface area contributed by atoms with E-state index in [0.29, 0.717) is 5.92 Å². The van der Waals surface area contributed by atoms with Crippen LogP contribution in [-0.2, 0) is 0 Å². The molecule has 0 saturated carbocycles. The van der Waals surface area contributed by atoms with Gasteiger partial charge in [-0.05, 0) is 25.5 Å². The number of hydrogen-bond donors (Lipinski definition) is 0. The molecule has 1 heterocycles. The molecule has 2 heteroatoms. The molecule has 1 aromatic carbocycles. The summed E-state index contributed by atoms with van der Waals surface area (Å²) in [4.78, 5) is 0. The summed E-state index contributed by atoms with van der Waals surface area (Å²) < 4.78 is 2.15. The minimum absolute atomic E-state index is 0.241. The molecule has 96 valence electrons. The minimum Gasteiger partial charge on any atom is -0.261 e. The molecule has 0 aliphatic heterocycles. The molecule has 2 nitrogen and oxygen atoms in total. The maximum Gasteiger partial charge on any atom is 0.0868 e. The van der Waals surface area contributed by atoms with E-state index < -0.39 is 0 Å². The fourth-order valence-corrected chi connectivity index (χ4v) is 2.76. The Bertz CT molecular complexity index is 608. The SMILES string of the molecule is Cc1cc(C)n(C(c2ccccc2)C2C=CC=C2)n1. The Morgan fingerprint density at radius 1 is 1.05 bits per heavy atom. The number of benzene rings is 1. The normalized spacial score (nSPS) is 16.1. The highest BCUT2D eigenvalue weighted by Crippen LogP contribution is 2.31. The van der Waals surface area contributed by atoms with Gasteiger partial charge in [-0.2, -0.15) is 5.10 Å². The van der Waals surface area contributed by atoms with E-state index in [1.165, 1.54) is 11.3 Å². The average Bonchev–Trinajstić information content (AvgIpc) is 3.03. The van der Waals surface area contributed by atoms with Crippen LogP contribution in [0.5, 0.6) is 0 Å². The Kier molecular flexibility index (Phi) is 3.08. The molecule has 1 aliphatic carbocycles. The largest absolute Gasteiger partial charge is 0.261 e. The first-order valence-corrected chi connectivity index (χ1v) is 6.68. The topological polar surface area (TPSA) is 17.8 Å². The van der Waals surface area contributed by atoms with Gasteiger partial charge in [-0.1, -0.05) is 54.6 Å². The first kappa shape index (κ1) is 12.0. The molecule has 0 radical (unpaired) electrons. The van der Waals surface area contributed by atoms with E-state index in [1.807, 2.05) is 6.92 Å². The van der Waals surface area contributed by atoms with Crippen LogP contribution in [0.4, 0.5) is 0 Å². The number of rotatable bonds is 3. The Morgan fingerprint density at radius 2 is 1.74 bits per heavy atom. The van der Waals surface area contributed by atoms with Crippen molar-refractivity contribution in [1.82, 2.24) is 9.78 Å². The van der Waals surface area contributed by atoms with Gasteiger partial charge in [-0.25, -0.2) is 0 Å². The van der Waals surface area contributed by atoms with E-state index >= 15 is 0 Å². The van der Waals surface area contributed by atoms with Gasteiger partial charge in [-0.15, -0.1) is 0 Å². The van der Waals surface area contributed by atoms with Crippen molar-refractivity contribution in [3.05, 3.63) is 77.7 Å². The van der Waals surface area contributed by atoms with Gasteiger partial charge in [0.2, 0.25) is 0 Å². The highest BCUT2D eigenvalue weighted by Gasteiger charge is 2.24. The molecule has 0 bridgehead atoms. The molecule has 1 unspecified atom stereocenters. The van der Waals surface area contributed by atoms with Gasteiger partial charge in [0.1, 0.15) is 0 Å². The summed E-state index contributed by atoms with van der Waals surface area (Å²) >= 11 is 0. The standard InChI is InChI=1S/C17H18N2/c1-13-12-14(2)19(18-13)17(16-10-6-7-11-16)15-8-4-3-5-9-15/h3-12,16-17H,1-2H3. The molecule has 0 N–H and O–H groups in total. The summed E-state index contributed by atoms with van der Waals surface area (Å²) in [7, 11) is 0. The van der Waals surface area contributed by atoms with Crippen LogP contribution in [0.3, 0.4) is 0 Å². The molecular weight excluding hydrogens is 232 g/mol. The summed E-state index contributed by atoms with van der Waals surface area (Å²) in [6.45, 7) is 4.17. The molecule has 2 aromatic rings. The lowest BCUT2D eigenvalue weighted by Crippen LogP contribution is -2.20. The van der Waals surface area contributed by atoms with Gasteiger partial charge in [0.25, 0.3) is 0 Å². The van der Waals surface area contributed by atoms with E-state index in [-0.39, 0.29) is 6.04 Å². The highest BCUT2D eigenvalue weighted by molar-refractivity contribution is 5.29. The Labute approximate surface area is 114 Å². The first-order chi connectivity index (χ1) is 9.25. The van der Waals surface area contributed by atoms with Crippen LogP contribution in [0, 0.1) is 19.8 Å². The second kappa shape index (κ2) is 4.88. The number of nitrogens with zero attached hydrogens (tertiary/aromatic N) is 2. The minimum atomic E-state index is 0.241. The van der Waals surface area contributed by atoms with Gasteiger partial charge in [0, 0.05) is 11.6 Å². The van der Waals surface area contributed by atoms with Crippen LogP contribution in [-0.4, -0.2) is 9.78 Å². The summed E-state index contributed by atoms with van der Waals surface area (Å²) in [5.41, 5.74) is 3.58. The van der Waals surface area contributed by atoms with Crippen molar-refractivity contribution in [2.75, 3.05) is 0 Å². The third-order valence-electron chi connectivity index (χ3n) is 3.59. The van der Waals surface area contributed by atoms with E-state index in [4.69, 9.17) is 0 Å². The lowest BCUT2D eigenvalue weighted by atomic mass is 9.94. The monoisotopic (exact) mass is 250 g/mol. The molecule has 0 fully saturated rings. The van der Waals surface area contributed by atoms with Gasteiger partial charge in [0.15, 0.2) is 0 Å². The summed E-state index contributed by atoms with van der Waals surface area (Å²) in [5.74, 6) is 0.375. The zero-order chi connectivity index (χ0) is 13.2. The van der Waals surface area contributed by atoms with Crippen LogP contribution < -0.4 is 0 Å². The molecule has 0 saturated heterocycles. The molecule has 3 rings (SSSR count). The van der Waals surface area contributed by atoms with Crippen LogP contribution in [0.25, 0.3) is 0 Å². The van der Waals surface area contributed by atoms with E-state index in [1.54, 1.807) is 0 Å². The number of aryl methyl sites for hydroxylation is 2. The molecule has 1 aromatic heterocycles. The predicted molar refractivity (Wildman–Crippen MR) is 78.1 cm³/mol. The maximum atomic E-state index is 4.68. The second-order valence-electron chi connectivity index (χ2n) is 5.07. The van der Waals surface area contributed by atoms with E-state index in [9.17, 15) is 0 Å². The lowest BCUT2D eigenvalue weighted by Gasteiger charge is -2.23. The quantitative estimate of drug-likeness (QED) is 0.809. The van der Waals surface area contributed by atoms with Crippen LogP contribution in [0.1, 0.15) is 23.0 Å². The van der Waals surface area contributed by atoms with Crippen molar-refractivity contribution in [1.29, 1.82) is 0 Å². The molecule has 19 heavy (non-hydrogen) atoms. The highest BCUT2D eigenvalue weighted by atomic mass is 15.3. The number of aromatic nitrogens is 2. The second-order valence-corrected chi connectivity index (χ2v) is 5.07. The summed E-state index contributed by atoms with van der Waals surface area (Å²) in [6.07, 6.45) is 8.72. The Hall–Kier alpha value is -2.09. The Morgan fingerprint density at radius 3 is 2.32 bits per heavy atom. The van der Waals surface area contributed by atoms with Gasteiger partial charge < -0.3 is 0 Å². The van der Waals surface area contributed by atoms with E-state index in [0.717, 1.165) is 5.69 Å². The molecular formula is C17H18N2. The molecule has 1 atom stereocenters. The number of hydrogen-bond acceptors (Lipinski definition) is 1. The van der Waals surface area contributed by atoms with Crippen LogP contribution in [0.15, 0.2) is 60.7 Å². The zero-order valence-corrected chi connectivity index (χ0v) is 11.3. The van der Waals surface area contributed by atoms with Gasteiger partial charge in [0.05, 0.1) is 11.7 Å². The van der Waals surface area contributed by atoms with Crippen LogP contribution in [0.2, 0.25) is 0 Å². The smallest absolute Gasteiger partial charge is 0.0868 e. The van der Waals surface area contributed by atoms with Crippen LogP contribution >= 0.6 is 0 Å². The van der Waals surface area contributed by atoms with E-state index in [2.05, 4.69) is 77.4 Å². The third-order valence-corrected chi connectivity index (χ3v) is 3.59. The lowest BCUT2D eigenvalue weighted by molar-refractivity contribution is 0.454. The van der Waals surface area contributed by atoms with Crippen molar-refractivity contribution in [2.24, 2.45) is 5.92 Å². The fourth-order valence-electron chi connectivity index (χ4n) is 2.76. The average molecular weight is 250 g/mol. The third kappa shape index (κ3) is 2.26. The van der Waals surface area contributed by atoms with Crippen molar-refractivity contribution >= 4 is 0 Å². The molecule has 1 aliphatic rings. The maximum absolute atomic E-state index is 4.68. The van der Waals surface area contributed by atoms with Crippen molar-refractivity contribution in [2.45, 2.75) is 19.9 Å². The number of allylic oxidation sites excluding steroid dienone is 4. The zero-order valence-electron chi connectivity index (χ0n) is 11.3. The van der Waals surface area contributed by atoms with Crippen molar-refractivity contribution in [3.63, 3.8) is 0 Å². The molecule has 0 amide bonds. The van der Waals surface area contributed by atoms with Gasteiger partial charge >= 0.3 is 0 Å². The summed E-state index contributed by atoms with van der Waals surface area (Å²) in [5, 5.41) is 4.68. The molecule has 0 spiro atoms. The van der Waals surface area contributed by atoms with Gasteiger partial charge in [-0.3, -0.25) is 4.68 Å². The van der Waals surface area contributed by atoms with Crippen molar-refractivity contribution in [3.8, 4) is 0 Å². The van der Waals surface area contributed by atoms with Crippen molar-refractivity contribution < 1.29 is 0 Å². The fraction of sp³-hybridized carbons (Fsp3) is 0.235. The Balaban J connectivity index is 2.09.